The van der Waals surface area contributed by atoms with Gasteiger partial charge in [0.25, 0.3) is 0 Å². The van der Waals surface area contributed by atoms with E-state index in [0.717, 1.165) is 11.3 Å². The summed E-state index contributed by atoms with van der Waals surface area (Å²) in [5, 5.41) is 0. The van der Waals surface area contributed by atoms with E-state index in [-0.39, 0.29) is 0 Å². The quantitative estimate of drug-likeness (QED) is 0.628. The molecule has 1 aromatic heterocycles. The molecule has 4 nitrogen and oxygen atoms in total. The predicted molar refractivity (Wildman–Crippen MR) is 70.7 cm³/mol. The third-order valence-corrected chi connectivity index (χ3v) is 2.74. The van der Waals surface area contributed by atoms with Crippen LogP contribution in [0.25, 0.3) is 0 Å². The molecule has 2 aromatic rings. The summed E-state index contributed by atoms with van der Waals surface area (Å²) in [7, 11) is 0. The molecule has 4 heteroatoms. The molecule has 0 saturated carbocycles. The number of hydroxylamine groups is 1. The summed E-state index contributed by atoms with van der Waals surface area (Å²) in [6.45, 7) is 5.49. The van der Waals surface area contributed by atoms with Crippen LogP contribution in [0.1, 0.15) is 31.1 Å². The van der Waals surface area contributed by atoms with Crippen LogP contribution in [0.5, 0.6) is 0 Å². The molecule has 0 spiro atoms. The van der Waals surface area contributed by atoms with Crippen molar-refractivity contribution < 1.29 is 4.84 Å². The molecule has 1 N–H and O–H groups in total. The Hall–Kier alpha value is -1.65. The number of hydrogen-bond acceptors (Lipinski definition) is 3. The molecule has 0 saturated heterocycles. The second-order valence-electron chi connectivity index (χ2n) is 4.48. The predicted octanol–water partition coefficient (Wildman–Crippen LogP) is 2.69. The maximum Gasteiger partial charge on any atom is 0.0951 e. The van der Waals surface area contributed by atoms with Crippen LogP contribution in [0.3, 0.4) is 0 Å². The normalized spacial score (nSPS) is 11.1. The summed E-state index contributed by atoms with van der Waals surface area (Å²) in [6.07, 6.45) is 3.71. The van der Waals surface area contributed by atoms with Crippen molar-refractivity contribution in [1.82, 2.24) is 15.0 Å². The monoisotopic (exact) mass is 245 g/mol. The average molecular weight is 245 g/mol. The topological polar surface area (TPSA) is 39.1 Å². The number of rotatable bonds is 6. The van der Waals surface area contributed by atoms with E-state index >= 15 is 0 Å². The van der Waals surface area contributed by atoms with Gasteiger partial charge in [0.2, 0.25) is 0 Å². The fourth-order valence-electron chi connectivity index (χ4n) is 1.77. The third kappa shape index (κ3) is 3.42. The molecule has 1 heterocycles. The Morgan fingerprint density at radius 1 is 1.28 bits per heavy atom. The van der Waals surface area contributed by atoms with Crippen molar-refractivity contribution in [3.8, 4) is 0 Å². The Morgan fingerprint density at radius 2 is 2.06 bits per heavy atom. The Bertz CT molecular complexity index is 465. The van der Waals surface area contributed by atoms with E-state index in [2.05, 4.69) is 28.9 Å². The van der Waals surface area contributed by atoms with E-state index in [1.54, 1.807) is 0 Å². The first-order valence-corrected chi connectivity index (χ1v) is 6.16. The molecular formula is C14H19N3O. The molecule has 96 valence electrons. The van der Waals surface area contributed by atoms with Crippen LogP contribution < -0.4 is 5.48 Å². The minimum Gasteiger partial charge on any atom is -0.331 e. The lowest BCUT2D eigenvalue weighted by molar-refractivity contribution is 0.0222. The molecule has 0 aliphatic carbocycles. The van der Waals surface area contributed by atoms with E-state index in [1.807, 2.05) is 42.9 Å². The van der Waals surface area contributed by atoms with Crippen LogP contribution in [0.2, 0.25) is 0 Å². The smallest absolute Gasteiger partial charge is 0.0951 e. The van der Waals surface area contributed by atoms with Gasteiger partial charge in [0.05, 0.1) is 25.2 Å². The van der Waals surface area contributed by atoms with Crippen molar-refractivity contribution >= 4 is 0 Å². The zero-order chi connectivity index (χ0) is 12.8. The number of imidazole rings is 1. The van der Waals surface area contributed by atoms with Gasteiger partial charge in [-0.3, -0.25) is 4.84 Å². The van der Waals surface area contributed by atoms with Gasteiger partial charge in [-0.2, -0.15) is 5.48 Å². The maximum absolute atomic E-state index is 5.44. The molecule has 0 fully saturated rings. The lowest BCUT2D eigenvalue weighted by atomic mass is 10.2. The SMILES string of the molecule is CC(C)n1cncc1CNOCc1ccccc1. The van der Waals surface area contributed by atoms with Crippen LogP contribution in [-0.2, 0) is 18.0 Å². The molecule has 0 amide bonds. The van der Waals surface area contributed by atoms with Gasteiger partial charge in [-0.05, 0) is 19.4 Å². The molecule has 2 rings (SSSR count). The van der Waals surface area contributed by atoms with E-state index in [1.165, 1.54) is 0 Å². The first-order valence-electron chi connectivity index (χ1n) is 6.16. The van der Waals surface area contributed by atoms with Gasteiger partial charge in [-0.25, -0.2) is 4.98 Å². The van der Waals surface area contributed by atoms with E-state index in [4.69, 9.17) is 4.84 Å². The second kappa shape index (κ2) is 6.33. The third-order valence-electron chi connectivity index (χ3n) is 2.74. The fraction of sp³-hybridized carbons (Fsp3) is 0.357. The first kappa shape index (κ1) is 12.8. The maximum atomic E-state index is 5.44. The molecule has 18 heavy (non-hydrogen) atoms. The van der Waals surface area contributed by atoms with Crippen molar-refractivity contribution in [1.29, 1.82) is 0 Å². The summed E-state index contributed by atoms with van der Waals surface area (Å²) < 4.78 is 2.12. The highest BCUT2D eigenvalue weighted by atomic mass is 16.6. The van der Waals surface area contributed by atoms with E-state index in [9.17, 15) is 0 Å². The van der Waals surface area contributed by atoms with E-state index in [0.29, 0.717) is 19.2 Å². The number of benzene rings is 1. The Morgan fingerprint density at radius 3 is 2.78 bits per heavy atom. The Labute approximate surface area is 108 Å². The molecule has 0 atom stereocenters. The zero-order valence-corrected chi connectivity index (χ0v) is 10.8. The summed E-state index contributed by atoms with van der Waals surface area (Å²) in [5.74, 6) is 0. The number of aromatic nitrogens is 2. The lowest BCUT2D eigenvalue weighted by Gasteiger charge is -2.12. The first-order chi connectivity index (χ1) is 8.77. The molecule has 0 bridgehead atoms. The summed E-state index contributed by atoms with van der Waals surface area (Å²) in [5.41, 5.74) is 5.25. The second-order valence-corrected chi connectivity index (χ2v) is 4.48. The fourth-order valence-corrected chi connectivity index (χ4v) is 1.77. The Kier molecular flexibility index (Phi) is 4.50. The van der Waals surface area contributed by atoms with Gasteiger partial charge in [0, 0.05) is 12.2 Å². The van der Waals surface area contributed by atoms with E-state index < -0.39 is 0 Å². The molecular weight excluding hydrogens is 226 g/mol. The van der Waals surface area contributed by atoms with Crippen molar-refractivity contribution in [3.05, 3.63) is 54.1 Å². The van der Waals surface area contributed by atoms with Crippen molar-refractivity contribution in [2.75, 3.05) is 0 Å². The minimum atomic E-state index is 0.415. The number of hydrogen-bond donors (Lipinski definition) is 1. The van der Waals surface area contributed by atoms with Gasteiger partial charge in [-0.15, -0.1) is 0 Å². The van der Waals surface area contributed by atoms with Crippen molar-refractivity contribution in [3.63, 3.8) is 0 Å². The molecule has 0 aliphatic heterocycles. The van der Waals surface area contributed by atoms with Gasteiger partial charge in [-0.1, -0.05) is 30.3 Å². The zero-order valence-electron chi connectivity index (χ0n) is 10.8. The van der Waals surface area contributed by atoms with Crippen molar-refractivity contribution in [2.45, 2.75) is 33.0 Å². The molecule has 0 radical (unpaired) electrons. The van der Waals surface area contributed by atoms with Crippen LogP contribution in [0.4, 0.5) is 0 Å². The van der Waals surface area contributed by atoms with Crippen LogP contribution in [-0.4, -0.2) is 9.55 Å². The van der Waals surface area contributed by atoms with Crippen LogP contribution in [0.15, 0.2) is 42.9 Å². The number of nitrogens with one attached hydrogen (secondary N) is 1. The Balaban J connectivity index is 1.77. The molecule has 0 unspecified atom stereocenters. The van der Waals surface area contributed by atoms with Gasteiger partial charge in [0.15, 0.2) is 0 Å². The van der Waals surface area contributed by atoms with Gasteiger partial charge < -0.3 is 4.57 Å². The summed E-state index contributed by atoms with van der Waals surface area (Å²) in [4.78, 5) is 9.58. The summed E-state index contributed by atoms with van der Waals surface area (Å²) >= 11 is 0. The largest absolute Gasteiger partial charge is 0.331 e. The lowest BCUT2D eigenvalue weighted by Crippen LogP contribution is -2.17. The van der Waals surface area contributed by atoms with Gasteiger partial charge in [0.1, 0.15) is 0 Å². The molecule has 0 aliphatic rings. The average Bonchev–Trinajstić information content (AvgIpc) is 2.84. The minimum absolute atomic E-state index is 0.415. The highest BCUT2D eigenvalue weighted by Gasteiger charge is 2.04. The van der Waals surface area contributed by atoms with Crippen LogP contribution in [0, 0.1) is 0 Å². The highest BCUT2D eigenvalue weighted by Crippen LogP contribution is 2.08. The number of nitrogens with zero attached hydrogens (tertiary/aromatic N) is 2. The molecule has 1 aromatic carbocycles. The van der Waals surface area contributed by atoms with Gasteiger partial charge >= 0.3 is 0 Å². The highest BCUT2D eigenvalue weighted by molar-refractivity contribution is 5.13. The standard InChI is InChI=1S/C14H19N3O/c1-12(2)17-11-15-8-14(17)9-16-18-10-13-6-4-3-5-7-13/h3-8,11-12,16H,9-10H2,1-2H3. The summed E-state index contributed by atoms with van der Waals surface area (Å²) in [6, 6.07) is 10.5. The van der Waals surface area contributed by atoms with Crippen molar-refractivity contribution in [2.24, 2.45) is 0 Å². The van der Waals surface area contributed by atoms with Crippen LogP contribution >= 0.6 is 0 Å².